The third-order valence-electron chi connectivity index (χ3n) is 4.05. The van der Waals surface area contributed by atoms with Crippen molar-refractivity contribution in [3.63, 3.8) is 0 Å². The zero-order valence-electron chi connectivity index (χ0n) is 12.1. The third-order valence-corrected chi connectivity index (χ3v) is 4.05. The molecule has 0 unspecified atom stereocenters. The number of hydrogen-bond donors (Lipinski definition) is 0. The van der Waals surface area contributed by atoms with E-state index in [-0.39, 0.29) is 5.78 Å². The van der Waals surface area contributed by atoms with Crippen molar-refractivity contribution in [1.29, 1.82) is 0 Å². The fraction of sp³-hybridized carbons (Fsp3) is 0.625. The maximum Gasteiger partial charge on any atom is 0.196 e. The van der Waals surface area contributed by atoms with Crippen LogP contribution in [0.3, 0.4) is 0 Å². The van der Waals surface area contributed by atoms with Crippen molar-refractivity contribution in [3.05, 3.63) is 29.6 Å². The van der Waals surface area contributed by atoms with Crippen LogP contribution in [0.15, 0.2) is 18.5 Å². The van der Waals surface area contributed by atoms with E-state index >= 15 is 0 Å². The van der Waals surface area contributed by atoms with Gasteiger partial charge in [-0.2, -0.15) is 0 Å². The van der Waals surface area contributed by atoms with Crippen LogP contribution >= 0.6 is 0 Å². The summed E-state index contributed by atoms with van der Waals surface area (Å²) in [6, 6.07) is 1.91. The summed E-state index contributed by atoms with van der Waals surface area (Å²) in [5.74, 6) is 0.800. The normalized spacial score (nSPS) is 27.2. The Balaban J connectivity index is 2.26. The van der Waals surface area contributed by atoms with E-state index in [0.29, 0.717) is 18.1 Å². The molecule has 3 nitrogen and oxygen atoms in total. The van der Waals surface area contributed by atoms with Crippen molar-refractivity contribution in [2.24, 2.45) is 5.92 Å². The summed E-state index contributed by atoms with van der Waals surface area (Å²) < 4.78 is 5.90. The molecule has 0 aromatic carbocycles. The molecule has 0 saturated heterocycles. The number of aromatic nitrogens is 1. The molecule has 0 amide bonds. The van der Waals surface area contributed by atoms with Gasteiger partial charge in [0.25, 0.3) is 0 Å². The molecule has 3 heteroatoms. The van der Waals surface area contributed by atoms with Crippen LogP contribution in [0.4, 0.5) is 0 Å². The third kappa shape index (κ3) is 3.03. The summed E-state index contributed by atoms with van der Waals surface area (Å²) in [6.45, 7) is 6.75. The van der Waals surface area contributed by atoms with Gasteiger partial charge < -0.3 is 4.74 Å². The number of ketones is 1. The number of nitrogens with zero attached hydrogens (tertiary/aromatic N) is 1. The van der Waals surface area contributed by atoms with E-state index in [2.05, 4.69) is 11.9 Å². The molecule has 1 heterocycles. The van der Waals surface area contributed by atoms with Gasteiger partial charge in [-0.05, 0) is 57.1 Å². The molecule has 1 aliphatic carbocycles. The number of ether oxygens (including phenoxy) is 1. The highest BCUT2D eigenvalue weighted by atomic mass is 16.5. The van der Waals surface area contributed by atoms with Gasteiger partial charge in [0.15, 0.2) is 5.78 Å². The number of aryl methyl sites for hydroxylation is 1. The molecule has 0 N–H and O–H groups in total. The number of carbonyl (C=O) groups excluding carboxylic acids is 1. The van der Waals surface area contributed by atoms with Gasteiger partial charge in [0, 0.05) is 24.6 Å². The van der Waals surface area contributed by atoms with Crippen LogP contribution in [0.5, 0.6) is 0 Å². The monoisotopic (exact) mass is 261 g/mol. The van der Waals surface area contributed by atoms with Crippen LogP contribution in [0, 0.1) is 12.8 Å². The fourth-order valence-electron chi connectivity index (χ4n) is 2.88. The van der Waals surface area contributed by atoms with E-state index in [1.807, 2.05) is 19.9 Å². The largest absolute Gasteiger partial charge is 0.367 e. The molecule has 0 aliphatic heterocycles. The van der Waals surface area contributed by atoms with Gasteiger partial charge in [-0.1, -0.05) is 6.92 Å². The van der Waals surface area contributed by atoms with Crippen LogP contribution in [0.1, 0.15) is 55.5 Å². The number of hydrogen-bond acceptors (Lipinski definition) is 3. The predicted molar refractivity (Wildman–Crippen MR) is 75.3 cm³/mol. The van der Waals surface area contributed by atoms with E-state index in [1.165, 1.54) is 0 Å². The average molecular weight is 261 g/mol. The van der Waals surface area contributed by atoms with E-state index in [9.17, 15) is 4.79 Å². The molecule has 0 spiro atoms. The summed E-state index contributed by atoms with van der Waals surface area (Å²) >= 11 is 0. The van der Waals surface area contributed by atoms with Gasteiger partial charge in [0.1, 0.15) is 5.60 Å². The summed E-state index contributed by atoms with van der Waals surface area (Å²) in [5, 5.41) is 0. The van der Waals surface area contributed by atoms with Crippen LogP contribution in [-0.4, -0.2) is 23.0 Å². The van der Waals surface area contributed by atoms with Crippen LogP contribution in [0.2, 0.25) is 0 Å². The molecule has 1 saturated carbocycles. The number of carbonyl (C=O) groups is 1. The maximum atomic E-state index is 12.8. The fourth-order valence-corrected chi connectivity index (χ4v) is 2.88. The molecule has 1 aromatic heterocycles. The van der Waals surface area contributed by atoms with Crippen LogP contribution < -0.4 is 0 Å². The molecule has 1 fully saturated rings. The summed E-state index contributed by atoms with van der Waals surface area (Å²) in [5.41, 5.74) is 1.08. The second-order valence-corrected chi connectivity index (χ2v) is 5.69. The average Bonchev–Trinajstić information content (AvgIpc) is 2.41. The Morgan fingerprint density at radius 2 is 2.11 bits per heavy atom. The molecule has 0 atom stereocenters. The predicted octanol–water partition coefficient (Wildman–Crippen LogP) is 3.56. The lowest BCUT2D eigenvalue weighted by atomic mass is 9.75. The minimum absolute atomic E-state index is 0.109. The zero-order valence-corrected chi connectivity index (χ0v) is 12.1. The van der Waals surface area contributed by atoms with Gasteiger partial charge >= 0.3 is 0 Å². The minimum atomic E-state index is -0.614. The smallest absolute Gasteiger partial charge is 0.196 e. The minimum Gasteiger partial charge on any atom is -0.367 e. The van der Waals surface area contributed by atoms with E-state index in [0.717, 1.165) is 31.2 Å². The molecule has 1 aliphatic rings. The Labute approximate surface area is 115 Å². The molecule has 0 bridgehead atoms. The maximum absolute atomic E-state index is 12.8. The highest BCUT2D eigenvalue weighted by molar-refractivity contribution is 6.02. The van der Waals surface area contributed by atoms with Crippen molar-refractivity contribution in [3.8, 4) is 0 Å². The van der Waals surface area contributed by atoms with E-state index in [4.69, 9.17) is 4.74 Å². The Kier molecular flexibility index (Phi) is 4.35. The standard InChI is InChI=1S/C16H23NO2/c1-4-19-16(7-5-12(2)6-8-16)15(18)14-9-13(3)10-17-11-14/h9-12H,4-8H2,1-3H3. The first-order chi connectivity index (χ1) is 9.07. The Morgan fingerprint density at radius 1 is 1.42 bits per heavy atom. The summed E-state index contributed by atoms with van der Waals surface area (Å²) in [7, 11) is 0. The van der Waals surface area contributed by atoms with Gasteiger partial charge in [-0.25, -0.2) is 0 Å². The first kappa shape index (κ1) is 14.2. The molecule has 19 heavy (non-hydrogen) atoms. The number of Topliss-reactive ketones (excluding diaryl/α,β-unsaturated/α-hetero) is 1. The van der Waals surface area contributed by atoms with Crippen LogP contribution in [-0.2, 0) is 4.74 Å². The number of pyridine rings is 1. The van der Waals surface area contributed by atoms with Crippen LogP contribution in [0.25, 0.3) is 0 Å². The Bertz CT molecular complexity index is 448. The second-order valence-electron chi connectivity index (χ2n) is 5.69. The molecule has 0 radical (unpaired) electrons. The zero-order chi connectivity index (χ0) is 13.9. The van der Waals surface area contributed by atoms with Crippen molar-refractivity contribution in [2.45, 2.75) is 52.1 Å². The van der Waals surface area contributed by atoms with Crippen molar-refractivity contribution >= 4 is 5.78 Å². The lowest BCUT2D eigenvalue weighted by Gasteiger charge is -2.37. The van der Waals surface area contributed by atoms with Crippen molar-refractivity contribution in [1.82, 2.24) is 4.98 Å². The van der Waals surface area contributed by atoms with Gasteiger partial charge in [0.05, 0.1) is 0 Å². The molecule has 2 rings (SSSR count). The first-order valence-electron chi connectivity index (χ1n) is 7.18. The van der Waals surface area contributed by atoms with E-state index in [1.54, 1.807) is 12.4 Å². The Morgan fingerprint density at radius 3 is 2.68 bits per heavy atom. The summed E-state index contributed by atoms with van der Waals surface area (Å²) in [4.78, 5) is 16.9. The lowest BCUT2D eigenvalue weighted by molar-refractivity contribution is -0.0474. The molecule has 1 aromatic rings. The molecular weight excluding hydrogens is 238 g/mol. The summed E-state index contributed by atoms with van der Waals surface area (Å²) in [6.07, 6.45) is 7.21. The first-order valence-corrected chi connectivity index (χ1v) is 7.18. The van der Waals surface area contributed by atoms with Gasteiger partial charge in [-0.15, -0.1) is 0 Å². The van der Waals surface area contributed by atoms with Gasteiger partial charge in [0.2, 0.25) is 0 Å². The molecule has 104 valence electrons. The van der Waals surface area contributed by atoms with Gasteiger partial charge in [-0.3, -0.25) is 9.78 Å². The highest BCUT2D eigenvalue weighted by Crippen LogP contribution is 2.37. The van der Waals surface area contributed by atoms with Crippen molar-refractivity contribution in [2.75, 3.05) is 6.61 Å². The highest BCUT2D eigenvalue weighted by Gasteiger charge is 2.42. The lowest BCUT2D eigenvalue weighted by Crippen LogP contribution is -2.44. The Hall–Kier alpha value is -1.22. The SMILES string of the molecule is CCOC1(C(=O)c2cncc(C)c2)CCC(C)CC1. The number of rotatable bonds is 4. The topological polar surface area (TPSA) is 39.2 Å². The second kappa shape index (κ2) is 5.83. The van der Waals surface area contributed by atoms with E-state index < -0.39 is 5.60 Å². The van der Waals surface area contributed by atoms with Crippen molar-refractivity contribution < 1.29 is 9.53 Å². The molecular formula is C16H23NO2. The quantitative estimate of drug-likeness (QED) is 0.778.